The summed E-state index contributed by atoms with van der Waals surface area (Å²) >= 11 is 5.31. The molecule has 0 saturated carbocycles. The van der Waals surface area contributed by atoms with Crippen LogP contribution in [0.25, 0.3) is 0 Å². The SMILES string of the molecule is COCCNCc1cc(Br)c(OCCSC)c(OC)c1. The van der Waals surface area contributed by atoms with Gasteiger partial charge in [-0.1, -0.05) is 0 Å². The summed E-state index contributed by atoms with van der Waals surface area (Å²) in [6, 6.07) is 4.05. The Hall–Kier alpha value is -0.430. The number of methoxy groups -OCH3 is 2. The van der Waals surface area contributed by atoms with Crippen molar-refractivity contribution < 1.29 is 14.2 Å². The number of nitrogens with one attached hydrogen (secondary N) is 1. The van der Waals surface area contributed by atoms with Crippen molar-refractivity contribution in [3.05, 3.63) is 22.2 Å². The lowest BCUT2D eigenvalue weighted by atomic mass is 10.2. The van der Waals surface area contributed by atoms with Gasteiger partial charge in [0.2, 0.25) is 0 Å². The van der Waals surface area contributed by atoms with Crippen molar-refractivity contribution in [1.82, 2.24) is 5.32 Å². The topological polar surface area (TPSA) is 39.7 Å². The predicted octanol–water partition coefficient (Wildman–Crippen LogP) is 2.94. The Bertz CT molecular complexity index is 404. The number of hydrogen-bond acceptors (Lipinski definition) is 5. The first-order chi connectivity index (χ1) is 9.72. The first-order valence-corrected chi connectivity index (χ1v) is 8.59. The third kappa shape index (κ3) is 5.91. The highest BCUT2D eigenvalue weighted by atomic mass is 79.9. The van der Waals surface area contributed by atoms with Gasteiger partial charge in [0.15, 0.2) is 11.5 Å². The molecule has 0 radical (unpaired) electrons. The van der Waals surface area contributed by atoms with Crippen LogP contribution in [0.4, 0.5) is 0 Å². The molecule has 1 N–H and O–H groups in total. The molecule has 0 unspecified atom stereocenters. The van der Waals surface area contributed by atoms with Crippen LogP contribution in [-0.4, -0.2) is 46.0 Å². The summed E-state index contributed by atoms with van der Waals surface area (Å²) in [6.07, 6.45) is 2.06. The summed E-state index contributed by atoms with van der Waals surface area (Å²) in [4.78, 5) is 0. The smallest absolute Gasteiger partial charge is 0.175 e. The number of thioether (sulfide) groups is 1. The lowest BCUT2D eigenvalue weighted by Gasteiger charge is -2.14. The second-order valence-corrected chi connectivity index (χ2v) is 5.96. The quantitative estimate of drug-likeness (QED) is 0.647. The average molecular weight is 364 g/mol. The van der Waals surface area contributed by atoms with E-state index in [9.17, 15) is 0 Å². The summed E-state index contributed by atoms with van der Waals surface area (Å²) in [6.45, 7) is 2.96. The van der Waals surface area contributed by atoms with Crippen LogP contribution in [0.3, 0.4) is 0 Å². The summed E-state index contributed by atoms with van der Waals surface area (Å²) < 4.78 is 17.1. The highest BCUT2D eigenvalue weighted by Crippen LogP contribution is 2.36. The Labute approximate surface area is 133 Å². The molecule has 0 aromatic heterocycles. The fourth-order valence-electron chi connectivity index (χ4n) is 1.65. The van der Waals surface area contributed by atoms with E-state index in [1.807, 2.05) is 6.07 Å². The van der Waals surface area contributed by atoms with Gasteiger partial charge in [0.05, 0.1) is 24.8 Å². The van der Waals surface area contributed by atoms with Crippen molar-refractivity contribution in [2.24, 2.45) is 0 Å². The van der Waals surface area contributed by atoms with Crippen LogP contribution in [0.1, 0.15) is 5.56 Å². The summed E-state index contributed by atoms with van der Waals surface area (Å²) in [5.41, 5.74) is 1.14. The maximum absolute atomic E-state index is 5.76. The number of ether oxygens (including phenoxy) is 3. The van der Waals surface area contributed by atoms with E-state index < -0.39 is 0 Å². The summed E-state index contributed by atoms with van der Waals surface area (Å²) in [7, 11) is 3.35. The molecule has 1 rings (SSSR count). The molecule has 20 heavy (non-hydrogen) atoms. The van der Waals surface area contributed by atoms with Crippen LogP contribution in [0.5, 0.6) is 11.5 Å². The van der Waals surface area contributed by atoms with Crippen molar-refractivity contribution >= 4 is 27.7 Å². The second kappa shape index (κ2) is 10.3. The Morgan fingerprint density at radius 3 is 2.70 bits per heavy atom. The zero-order chi connectivity index (χ0) is 14.8. The zero-order valence-corrected chi connectivity index (χ0v) is 14.6. The molecule has 0 heterocycles. The number of hydrogen-bond donors (Lipinski definition) is 1. The molecule has 0 aliphatic rings. The lowest BCUT2D eigenvalue weighted by molar-refractivity contribution is 0.199. The van der Waals surface area contributed by atoms with Crippen LogP contribution < -0.4 is 14.8 Å². The van der Waals surface area contributed by atoms with Crippen LogP contribution in [0.2, 0.25) is 0 Å². The molecule has 4 nitrogen and oxygen atoms in total. The van der Waals surface area contributed by atoms with E-state index in [4.69, 9.17) is 14.2 Å². The Morgan fingerprint density at radius 2 is 2.05 bits per heavy atom. The molecule has 0 aliphatic carbocycles. The van der Waals surface area contributed by atoms with Crippen molar-refractivity contribution in [3.8, 4) is 11.5 Å². The maximum atomic E-state index is 5.76. The van der Waals surface area contributed by atoms with Gasteiger partial charge < -0.3 is 19.5 Å². The molecule has 0 amide bonds. The lowest BCUT2D eigenvalue weighted by Crippen LogP contribution is -2.18. The largest absolute Gasteiger partial charge is 0.493 e. The second-order valence-electron chi connectivity index (χ2n) is 4.12. The number of halogens is 1. The standard InChI is InChI=1S/C14H22BrNO3S/c1-17-5-4-16-10-11-8-12(15)14(13(9-11)18-2)19-6-7-20-3/h8-9,16H,4-7,10H2,1-3H3. The average Bonchev–Trinajstić information content (AvgIpc) is 2.45. The molecule has 0 atom stereocenters. The van der Waals surface area contributed by atoms with Gasteiger partial charge in [0.25, 0.3) is 0 Å². The van der Waals surface area contributed by atoms with Crippen molar-refractivity contribution in [2.75, 3.05) is 46.0 Å². The van der Waals surface area contributed by atoms with E-state index in [-0.39, 0.29) is 0 Å². The van der Waals surface area contributed by atoms with Gasteiger partial charge in [-0.2, -0.15) is 11.8 Å². The zero-order valence-electron chi connectivity index (χ0n) is 12.2. The molecule has 6 heteroatoms. The minimum atomic E-state index is 0.668. The molecule has 114 valence electrons. The van der Waals surface area contributed by atoms with Crippen LogP contribution in [0.15, 0.2) is 16.6 Å². The molecule has 0 bridgehead atoms. The van der Waals surface area contributed by atoms with E-state index in [0.717, 1.165) is 40.4 Å². The molecule has 1 aromatic rings. The van der Waals surface area contributed by atoms with E-state index in [1.54, 1.807) is 26.0 Å². The number of rotatable bonds is 10. The number of benzene rings is 1. The first-order valence-electron chi connectivity index (χ1n) is 6.40. The maximum Gasteiger partial charge on any atom is 0.175 e. The van der Waals surface area contributed by atoms with Crippen LogP contribution in [0, 0.1) is 0 Å². The summed E-state index contributed by atoms with van der Waals surface area (Å²) in [5, 5.41) is 3.31. The van der Waals surface area contributed by atoms with E-state index >= 15 is 0 Å². The van der Waals surface area contributed by atoms with Gasteiger partial charge in [0, 0.05) is 26.0 Å². The fourth-order valence-corrected chi connectivity index (χ4v) is 2.50. The van der Waals surface area contributed by atoms with Crippen molar-refractivity contribution in [2.45, 2.75) is 6.54 Å². The van der Waals surface area contributed by atoms with E-state index in [2.05, 4.69) is 33.6 Å². The van der Waals surface area contributed by atoms with Crippen LogP contribution in [-0.2, 0) is 11.3 Å². The third-order valence-corrected chi connectivity index (χ3v) is 3.80. The third-order valence-electron chi connectivity index (χ3n) is 2.64. The van der Waals surface area contributed by atoms with Crippen LogP contribution >= 0.6 is 27.7 Å². The summed E-state index contributed by atoms with van der Waals surface area (Å²) in [5.74, 6) is 2.47. The predicted molar refractivity (Wildman–Crippen MR) is 88.2 cm³/mol. The van der Waals surface area contributed by atoms with Gasteiger partial charge >= 0.3 is 0 Å². The molecule has 0 saturated heterocycles. The van der Waals surface area contributed by atoms with E-state index in [1.165, 1.54) is 0 Å². The molecular weight excluding hydrogens is 342 g/mol. The molecule has 1 aromatic carbocycles. The minimum Gasteiger partial charge on any atom is -0.493 e. The van der Waals surface area contributed by atoms with Crippen molar-refractivity contribution in [3.63, 3.8) is 0 Å². The Kier molecular flexibility index (Phi) is 9.09. The highest BCUT2D eigenvalue weighted by Gasteiger charge is 2.11. The van der Waals surface area contributed by atoms with Gasteiger partial charge in [-0.3, -0.25) is 0 Å². The normalized spacial score (nSPS) is 10.6. The first kappa shape index (κ1) is 17.6. The van der Waals surface area contributed by atoms with Gasteiger partial charge in [0.1, 0.15) is 0 Å². The Balaban J connectivity index is 2.68. The van der Waals surface area contributed by atoms with Gasteiger partial charge in [-0.05, 0) is 39.9 Å². The Morgan fingerprint density at radius 1 is 1.25 bits per heavy atom. The molecule has 0 fully saturated rings. The monoisotopic (exact) mass is 363 g/mol. The minimum absolute atomic E-state index is 0.668. The fraction of sp³-hybridized carbons (Fsp3) is 0.571. The van der Waals surface area contributed by atoms with E-state index in [0.29, 0.717) is 13.2 Å². The molecule has 0 spiro atoms. The molecular formula is C14H22BrNO3S. The van der Waals surface area contributed by atoms with Gasteiger partial charge in [-0.25, -0.2) is 0 Å². The highest BCUT2D eigenvalue weighted by molar-refractivity contribution is 9.10. The van der Waals surface area contributed by atoms with Crippen molar-refractivity contribution in [1.29, 1.82) is 0 Å². The molecule has 0 aliphatic heterocycles. The van der Waals surface area contributed by atoms with Gasteiger partial charge in [-0.15, -0.1) is 0 Å².